The van der Waals surface area contributed by atoms with Crippen molar-refractivity contribution in [3.63, 3.8) is 0 Å². The van der Waals surface area contributed by atoms with Gasteiger partial charge in [0, 0.05) is 31.4 Å². The molecule has 1 atom stereocenters. The van der Waals surface area contributed by atoms with Gasteiger partial charge in [0.15, 0.2) is 23.0 Å². The first kappa shape index (κ1) is 30.3. The predicted octanol–water partition coefficient (Wildman–Crippen LogP) is 4.57. The topological polar surface area (TPSA) is 124 Å². The Morgan fingerprint density at radius 2 is 1.93 bits per heavy atom. The molecule has 1 aromatic carbocycles. The zero-order valence-corrected chi connectivity index (χ0v) is 24.0. The number of hydrogen-bond acceptors (Lipinski definition) is 9. The van der Waals surface area contributed by atoms with E-state index in [1.54, 1.807) is 31.7 Å². The molecule has 0 bridgehead atoms. The molecule has 1 amide bonds. The average Bonchev–Trinajstić information content (AvgIpc) is 3.46. The first-order valence-electron chi connectivity index (χ1n) is 13.7. The molecular weight excluding hydrogens is 538 g/mol. The van der Waals surface area contributed by atoms with Crippen molar-refractivity contribution in [1.29, 1.82) is 0 Å². The lowest BCUT2D eigenvalue weighted by Gasteiger charge is -2.27. The molecule has 10 nitrogen and oxygen atoms in total. The second-order valence-corrected chi connectivity index (χ2v) is 11.6. The number of fused-ring (bicyclic) bond motifs is 3. The number of carbonyl (C=O) groups excluding carboxylic acids is 3. The van der Waals surface area contributed by atoms with Crippen molar-refractivity contribution in [2.24, 2.45) is 5.92 Å². The van der Waals surface area contributed by atoms with E-state index in [1.165, 1.54) is 0 Å². The maximum Gasteiger partial charge on any atom is 0.329 e. The number of amides is 1. The van der Waals surface area contributed by atoms with Crippen LogP contribution in [0.3, 0.4) is 0 Å². The number of benzene rings is 1. The summed E-state index contributed by atoms with van der Waals surface area (Å²) in [6.45, 7) is 8.82. The molecule has 12 heteroatoms. The molecule has 4 rings (SSSR count). The number of anilines is 1. The summed E-state index contributed by atoms with van der Waals surface area (Å²) in [5.74, 6) is -4.97. The molecule has 3 aromatic rings. The molecule has 0 unspecified atom stereocenters. The quantitative estimate of drug-likeness (QED) is 0.259. The number of nitrogens with zero attached hydrogens (tertiary/aromatic N) is 3. The molecule has 1 N–H and O–H groups in total. The summed E-state index contributed by atoms with van der Waals surface area (Å²) in [4.78, 5) is 48.1. The van der Waals surface area contributed by atoms with Crippen LogP contribution in [0.5, 0.6) is 0 Å². The Morgan fingerprint density at radius 1 is 1.20 bits per heavy atom. The summed E-state index contributed by atoms with van der Waals surface area (Å²) in [7, 11) is 0. The van der Waals surface area contributed by atoms with E-state index < -0.39 is 35.9 Å². The Balaban J connectivity index is 1.54. The molecule has 1 aliphatic rings. The van der Waals surface area contributed by atoms with Crippen molar-refractivity contribution in [3.8, 4) is 0 Å². The monoisotopic (exact) mass is 574 g/mol. The molecular formula is C29H36F2N4O6. The van der Waals surface area contributed by atoms with Crippen LogP contribution in [-0.4, -0.2) is 64.9 Å². The maximum absolute atomic E-state index is 14.2. The van der Waals surface area contributed by atoms with Gasteiger partial charge in [0.2, 0.25) is 0 Å². The molecule has 0 radical (unpaired) electrons. The molecule has 2 aromatic heterocycles. The number of nitrogens with one attached hydrogen (secondary N) is 1. The van der Waals surface area contributed by atoms with Crippen LogP contribution >= 0.6 is 0 Å². The Kier molecular flexibility index (Phi) is 8.91. The lowest BCUT2D eigenvalue weighted by molar-refractivity contribution is -0.156. The number of para-hydroxylation sites is 1. The SMILES string of the molecule is CC(C)CNC(=O)C(F)(F)CCCOCc1nc(N2CC(=O)C[C@H]2C(=O)OC(C)(C)C)c2oc3ccccc3c2n1. The Bertz CT molecular complexity index is 1430. The van der Waals surface area contributed by atoms with Gasteiger partial charge >= 0.3 is 11.9 Å². The van der Waals surface area contributed by atoms with Crippen LogP contribution in [0.2, 0.25) is 0 Å². The van der Waals surface area contributed by atoms with Gasteiger partial charge in [-0.2, -0.15) is 8.78 Å². The minimum absolute atomic E-state index is 0.0363. The van der Waals surface area contributed by atoms with Gasteiger partial charge in [0.1, 0.15) is 29.3 Å². The Hall–Kier alpha value is -3.67. The van der Waals surface area contributed by atoms with Crippen molar-refractivity contribution in [3.05, 3.63) is 30.1 Å². The van der Waals surface area contributed by atoms with E-state index in [-0.39, 0.29) is 62.5 Å². The van der Waals surface area contributed by atoms with E-state index in [1.807, 2.05) is 32.0 Å². The highest BCUT2D eigenvalue weighted by Crippen LogP contribution is 2.36. The van der Waals surface area contributed by atoms with Crippen LogP contribution in [0, 0.1) is 5.92 Å². The summed E-state index contributed by atoms with van der Waals surface area (Å²) in [6.07, 6.45) is -0.763. The van der Waals surface area contributed by atoms with Gasteiger partial charge in [-0.3, -0.25) is 9.59 Å². The van der Waals surface area contributed by atoms with Crippen LogP contribution < -0.4 is 10.2 Å². The number of esters is 1. The third-order valence-electron chi connectivity index (χ3n) is 6.36. The first-order valence-corrected chi connectivity index (χ1v) is 13.7. The Labute approximate surface area is 236 Å². The number of halogens is 2. The third-order valence-corrected chi connectivity index (χ3v) is 6.36. The fraction of sp³-hybridized carbons (Fsp3) is 0.552. The van der Waals surface area contributed by atoms with E-state index in [4.69, 9.17) is 13.9 Å². The van der Waals surface area contributed by atoms with Crippen molar-refractivity contribution in [1.82, 2.24) is 15.3 Å². The summed E-state index contributed by atoms with van der Waals surface area (Å²) in [6, 6.07) is 6.34. The van der Waals surface area contributed by atoms with Crippen molar-refractivity contribution < 1.29 is 37.1 Å². The number of rotatable bonds is 11. The van der Waals surface area contributed by atoms with Crippen LogP contribution in [-0.2, 0) is 30.5 Å². The van der Waals surface area contributed by atoms with Gasteiger partial charge in [-0.25, -0.2) is 14.8 Å². The summed E-state index contributed by atoms with van der Waals surface area (Å²) >= 11 is 0. The van der Waals surface area contributed by atoms with E-state index in [2.05, 4.69) is 15.3 Å². The number of alkyl halides is 2. The fourth-order valence-corrected chi connectivity index (χ4v) is 4.47. The first-order chi connectivity index (χ1) is 19.2. The van der Waals surface area contributed by atoms with Crippen LogP contribution in [0.1, 0.15) is 59.7 Å². The summed E-state index contributed by atoms with van der Waals surface area (Å²) in [5, 5.41) is 2.97. The van der Waals surface area contributed by atoms with E-state index >= 15 is 0 Å². The number of ketones is 1. The predicted molar refractivity (Wildman–Crippen MR) is 148 cm³/mol. The second-order valence-electron chi connectivity index (χ2n) is 11.6. The molecule has 222 valence electrons. The van der Waals surface area contributed by atoms with Crippen LogP contribution in [0.25, 0.3) is 22.1 Å². The van der Waals surface area contributed by atoms with Gasteiger partial charge < -0.3 is 24.1 Å². The molecule has 3 heterocycles. The van der Waals surface area contributed by atoms with Crippen molar-refractivity contribution in [2.45, 2.75) is 78.1 Å². The smallest absolute Gasteiger partial charge is 0.329 e. The van der Waals surface area contributed by atoms with Gasteiger partial charge in [-0.15, -0.1) is 0 Å². The van der Waals surface area contributed by atoms with E-state index in [9.17, 15) is 23.2 Å². The minimum Gasteiger partial charge on any atom is -0.458 e. The molecule has 1 fully saturated rings. The minimum atomic E-state index is -3.50. The number of carbonyl (C=O) groups is 3. The van der Waals surface area contributed by atoms with E-state index in [0.717, 1.165) is 0 Å². The van der Waals surface area contributed by atoms with Crippen LogP contribution in [0.15, 0.2) is 28.7 Å². The van der Waals surface area contributed by atoms with Crippen molar-refractivity contribution in [2.75, 3.05) is 24.6 Å². The Morgan fingerprint density at radius 3 is 2.63 bits per heavy atom. The molecule has 1 aliphatic heterocycles. The fourth-order valence-electron chi connectivity index (χ4n) is 4.47. The average molecular weight is 575 g/mol. The molecule has 1 saturated heterocycles. The zero-order valence-electron chi connectivity index (χ0n) is 24.0. The van der Waals surface area contributed by atoms with Gasteiger partial charge in [-0.1, -0.05) is 26.0 Å². The highest BCUT2D eigenvalue weighted by atomic mass is 19.3. The third kappa shape index (κ3) is 7.35. The second kappa shape index (κ2) is 12.1. The number of Topliss-reactive ketones (excluding diaryl/α,β-unsaturated/α-hetero) is 1. The largest absolute Gasteiger partial charge is 0.458 e. The van der Waals surface area contributed by atoms with Crippen LogP contribution in [0.4, 0.5) is 14.6 Å². The van der Waals surface area contributed by atoms with Gasteiger partial charge in [0.25, 0.3) is 5.91 Å². The van der Waals surface area contributed by atoms with Gasteiger partial charge in [0.05, 0.1) is 6.54 Å². The molecule has 0 aliphatic carbocycles. The number of hydrogen-bond donors (Lipinski definition) is 1. The highest BCUT2D eigenvalue weighted by Gasteiger charge is 2.41. The highest BCUT2D eigenvalue weighted by molar-refractivity contribution is 6.07. The molecule has 0 spiro atoms. The standard InChI is InChI=1S/C29H36F2N4O6/c1-17(2)14-32-27(38)29(30,31)11-8-12-39-16-22-33-23-19-9-6-7-10-21(19)40-24(23)25(34-22)35-15-18(36)13-20(35)26(37)41-28(3,4)5/h6-7,9-10,17,20H,8,11-16H2,1-5H3,(H,32,38)/t20-/m0/s1. The van der Waals surface area contributed by atoms with Crippen molar-refractivity contribution >= 4 is 45.5 Å². The molecule has 41 heavy (non-hydrogen) atoms. The van der Waals surface area contributed by atoms with Gasteiger partial charge in [-0.05, 0) is 45.2 Å². The van der Waals surface area contributed by atoms with E-state index in [0.29, 0.717) is 22.1 Å². The number of ether oxygens (including phenoxy) is 2. The lowest BCUT2D eigenvalue weighted by Crippen LogP contribution is -2.41. The lowest BCUT2D eigenvalue weighted by atomic mass is 10.1. The summed E-state index contributed by atoms with van der Waals surface area (Å²) < 4.78 is 45.6. The number of aromatic nitrogens is 2. The maximum atomic E-state index is 14.2. The molecule has 0 saturated carbocycles. The number of furan rings is 1. The zero-order chi connectivity index (χ0) is 29.9. The summed E-state index contributed by atoms with van der Waals surface area (Å²) in [5.41, 5.74) is 0.582. The normalized spacial score (nSPS) is 16.2.